The van der Waals surface area contributed by atoms with E-state index in [-0.39, 0.29) is 19.1 Å². The second-order valence-electron chi connectivity index (χ2n) is 4.11. The molecule has 104 valence electrons. The predicted octanol–water partition coefficient (Wildman–Crippen LogP) is 3.59. The van der Waals surface area contributed by atoms with Gasteiger partial charge >= 0.3 is 6.18 Å². The SMILES string of the molecule is CC(CNCc1cccs1)OCCCC(F)(F)F. The number of halogens is 3. The van der Waals surface area contributed by atoms with Crippen LogP contribution in [-0.4, -0.2) is 25.4 Å². The largest absolute Gasteiger partial charge is 0.389 e. The molecule has 2 nitrogen and oxygen atoms in total. The van der Waals surface area contributed by atoms with Crippen LogP contribution < -0.4 is 5.32 Å². The van der Waals surface area contributed by atoms with Gasteiger partial charge in [0, 0.05) is 31.0 Å². The molecule has 0 aromatic carbocycles. The summed E-state index contributed by atoms with van der Waals surface area (Å²) in [4.78, 5) is 1.24. The molecule has 0 saturated heterocycles. The monoisotopic (exact) mass is 281 g/mol. The lowest BCUT2D eigenvalue weighted by Gasteiger charge is -2.14. The van der Waals surface area contributed by atoms with Crippen molar-refractivity contribution >= 4 is 11.3 Å². The van der Waals surface area contributed by atoms with Crippen LogP contribution in [0.4, 0.5) is 13.2 Å². The molecule has 0 aliphatic carbocycles. The molecule has 1 heterocycles. The Hall–Kier alpha value is -0.590. The maximum atomic E-state index is 11.9. The highest BCUT2D eigenvalue weighted by molar-refractivity contribution is 7.09. The van der Waals surface area contributed by atoms with Crippen molar-refractivity contribution in [2.24, 2.45) is 0 Å². The van der Waals surface area contributed by atoms with E-state index in [0.29, 0.717) is 6.54 Å². The summed E-state index contributed by atoms with van der Waals surface area (Å²) in [5.41, 5.74) is 0. The van der Waals surface area contributed by atoms with Crippen molar-refractivity contribution < 1.29 is 17.9 Å². The normalized spacial score (nSPS) is 13.8. The molecule has 0 radical (unpaired) electrons. The fraction of sp³-hybridized carbons (Fsp3) is 0.667. The van der Waals surface area contributed by atoms with Crippen molar-refractivity contribution in [1.29, 1.82) is 0 Å². The molecule has 1 N–H and O–H groups in total. The standard InChI is InChI=1S/C12H18F3NOS/c1-10(17-6-3-5-12(13,14)15)8-16-9-11-4-2-7-18-11/h2,4,7,10,16H,3,5-6,8-9H2,1H3. The number of alkyl halides is 3. The highest BCUT2D eigenvalue weighted by Gasteiger charge is 2.26. The number of ether oxygens (including phenoxy) is 1. The third-order valence-electron chi connectivity index (χ3n) is 2.32. The second kappa shape index (κ2) is 7.76. The second-order valence-corrected chi connectivity index (χ2v) is 5.14. The Morgan fingerprint density at radius 3 is 2.83 bits per heavy atom. The van der Waals surface area contributed by atoms with Gasteiger partial charge in [-0.25, -0.2) is 0 Å². The minimum absolute atomic E-state index is 0.0266. The number of hydrogen-bond acceptors (Lipinski definition) is 3. The van der Waals surface area contributed by atoms with Crippen molar-refractivity contribution in [3.63, 3.8) is 0 Å². The van der Waals surface area contributed by atoms with Gasteiger partial charge < -0.3 is 10.1 Å². The van der Waals surface area contributed by atoms with E-state index < -0.39 is 12.6 Å². The van der Waals surface area contributed by atoms with Crippen LogP contribution in [-0.2, 0) is 11.3 Å². The predicted molar refractivity (Wildman–Crippen MR) is 66.7 cm³/mol. The van der Waals surface area contributed by atoms with Gasteiger partial charge in [-0.15, -0.1) is 11.3 Å². The van der Waals surface area contributed by atoms with Gasteiger partial charge in [0.15, 0.2) is 0 Å². The van der Waals surface area contributed by atoms with Gasteiger partial charge in [0.25, 0.3) is 0 Å². The molecule has 1 atom stereocenters. The van der Waals surface area contributed by atoms with Crippen molar-refractivity contribution in [1.82, 2.24) is 5.32 Å². The first kappa shape index (κ1) is 15.5. The Morgan fingerprint density at radius 1 is 1.44 bits per heavy atom. The molecule has 0 aliphatic heterocycles. The zero-order chi connectivity index (χ0) is 13.4. The lowest BCUT2D eigenvalue weighted by atomic mass is 10.3. The zero-order valence-corrected chi connectivity index (χ0v) is 11.1. The Bertz CT molecular complexity index is 314. The maximum absolute atomic E-state index is 11.9. The summed E-state index contributed by atoms with van der Waals surface area (Å²) < 4.78 is 40.9. The van der Waals surface area contributed by atoms with Crippen molar-refractivity contribution in [3.8, 4) is 0 Å². The van der Waals surface area contributed by atoms with Gasteiger partial charge in [0.05, 0.1) is 6.10 Å². The molecule has 18 heavy (non-hydrogen) atoms. The summed E-state index contributed by atoms with van der Waals surface area (Å²) >= 11 is 1.67. The van der Waals surface area contributed by atoms with E-state index in [1.807, 2.05) is 24.4 Å². The first-order valence-electron chi connectivity index (χ1n) is 5.89. The lowest BCUT2D eigenvalue weighted by Crippen LogP contribution is -2.26. The number of hydrogen-bond donors (Lipinski definition) is 1. The average molecular weight is 281 g/mol. The van der Waals surface area contributed by atoms with Crippen LogP contribution in [0.15, 0.2) is 17.5 Å². The minimum Gasteiger partial charge on any atom is -0.377 e. The average Bonchev–Trinajstić information content (AvgIpc) is 2.76. The highest BCUT2D eigenvalue weighted by Crippen LogP contribution is 2.21. The molecule has 0 saturated carbocycles. The summed E-state index contributed by atoms with van der Waals surface area (Å²) in [5, 5.41) is 5.22. The summed E-state index contributed by atoms with van der Waals surface area (Å²) in [6.45, 7) is 3.42. The molecule has 1 rings (SSSR count). The number of nitrogens with one attached hydrogen (secondary N) is 1. The first-order valence-corrected chi connectivity index (χ1v) is 6.77. The van der Waals surface area contributed by atoms with E-state index in [1.54, 1.807) is 11.3 Å². The van der Waals surface area contributed by atoms with E-state index in [0.717, 1.165) is 6.54 Å². The molecule has 1 aromatic heterocycles. The van der Waals surface area contributed by atoms with Crippen LogP contribution in [0.25, 0.3) is 0 Å². The lowest BCUT2D eigenvalue weighted by molar-refractivity contribution is -0.138. The maximum Gasteiger partial charge on any atom is 0.389 e. The van der Waals surface area contributed by atoms with Gasteiger partial charge in [-0.2, -0.15) is 13.2 Å². The minimum atomic E-state index is -4.08. The summed E-state index contributed by atoms with van der Waals surface area (Å²) in [6, 6.07) is 4.02. The Morgan fingerprint density at radius 2 is 2.22 bits per heavy atom. The quantitative estimate of drug-likeness (QED) is 0.735. The topological polar surface area (TPSA) is 21.3 Å². The highest BCUT2D eigenvalue weighted by atomic mass is 32.1. The number of rotatable bonds is 8. The molecule has 0 amide bonds. The van der Waals surface area contributed by atoms with Crippen LogP contribution >= 0.6 is 11.3 Å². The van der Waals surface area contributed by atoms with Crippen LogP contribution in [0, 0.1) is 0 Å². The van der Waals surface area contributed by atoms with Gasteiger partial charge in [-0.05, 0) is 24.8 Å². The molecule has 1 aromatic rings. The molecular formula is C12H18F3NOS. The van der Waals surface area contributed by atoms with Gasteiger partial charge in [-0.3, -0.25) is 0 Å². The summed E-state index contributed by atoms with van der Waals surface area (Å²) in [5.74, 6) is 0. The van der Waals surface area contributed by atoms with Gasteiger partial charge in [0.1, 0.15) is 0 Å². The van der Waals surface area contributed by atoms with Crippen molar-refractivity contribution in [2.45, 2.75) is 38.6 Å². The van der Waals surface area contributed by atoms with E-state index in [9.17, 15) is 13.2 Å². The Kier molecular flexibility index (Phi) is 6.67. The van der Waals surface area contributed by atoms with Crippen molar-refractivity contribution in [3.05, 3.63) is 22.4 Å². The molecule has 0 fully saturated rings. The molecule has 0 bridgehead atoms. The van der Waals surface area contributed by atoms with Crippen LogP contribution in [0.3, 0.4) is 0 Å². The molecular weight excluding hydrogens is 263 g/mol. The molecule has 1 unspecified atom stereocenters. The number of thiophene rings is 1. The van der Waals surface area contributed by atoms with Gasteiger partial charge in [-0.1, -0.05) is 6.07 Å². The van der Waals surface area contributed by atoms with E-state index >= 15 is 0 Å². The third-order valence-corrected chi connectivity index (χ3v) is 3.19. The molecule has 0 aliphatic rings. The third kappa shape index (κ3) is 7.68. The van der Waals surface area contributed by atoms with E-state index in [1.165, 1.54) is 4.88 Å². The molecule has 0 spiro atoms. The Balaban J connectivity index is 1.99. The fourth-order valence-corrected chi connectivity index (χ4v) is 2.10. The smallest absolute Gasteiger partial charge is 0.377 e. The Labute approximate surface area is 109 Å². The van der Waals surface area contributed by atoms with E-state index in [2.05, 4.69) is 5.32 Å². The summed E-state index contributed by atoms with van der Waals surface area (Å²) in [6.07, 6.45) is -4.90. The van der Waals surface area contributed by atoms with Crippen molar-refractivity contribution in [2.75, 3.05) is 13.2 Å². The fourth-order valence-electron chi connectivity index (χ4n) is 1.43. The zero-order valence-electron chi connectivity index (χ0n) is 10.3. The van der Waals surface area contributed by atoms with Gasteiger partial charge in [0.2, 0.25) is 0 Å². The summed E-state index contributed by atoms with van der Waals surface area (Å²) in [7, 11) is 0. The van der Waals surface area contributed by atoms with Crippen LogP contribution in [0.2, 0.25) is 0 Å². The first-order chi connectivity index (χ1) is 8.47. The van der Waals surface area contributed by atoms with Crippen LogP contribution in [0.1, 0.15) is 24.6 Å². The van der Waals surface area contributed by atoms with E-state index in [4.69, 9.17) is 4.74 Å². The van der Waals surface area contributed by atoms with Crippen LogP contribution in [0.5, 0.6) is 0 Å². The molecule has 6 heteroatoms.